The molecular formula is C44H48O8. The fourth-order valence-electron chi connectivity index (χ4n) is 6.33. The van der Waals surface area contributed by atoms with Crippen molar-refractivity contribution in [2.24, 2.45) is 0 Å². The highest BCUT2D eigenvalue weighted by Crippen LogP contribution is 2.39. The molecule has 1 aliphatic carbocycles. The quantitative estimate of drug-likeness (QED) is 0.0929. The summed E-state index contributed by atoms with van der Waals surface area (Å²) >= 11 is 0. The Labute approximate surface area is 306 Å². The standard InChI is InChI=1S/C44H48O8/c45-42-40(50-29-37-22-12-4-13-23-37)41(51-30-38-24-14-5-15-25-38)43(44(42,46)33-48-27-35-18-8-2-9-19-35)52-32-39(49-28-36-20-10-3-11-21-36)31-47-26-34-16-6-1-7-17-34/h1-25,39-43,45-46H,26-33H2/t39-,40+,41+,42+,43-,44-/m0/s1. The zero-order valence-corrected chi connectivity index (χ0v) is 29.3. The van der Waals surface area contributed by atoms with E-state index in [4.69, 9.17) is 28.4 Å². The summed E-state index contributed by atoms with van der Waals surface area (Å²) in [5, 5.41) is 24.4. The normalized spacial score (nSPS) is 22.0. The van der Waals surface area contributed by atoms with Crippen molar-refractivity contribution in [1.29, 1.82) is 0 Å². The Bertz CT molecular complexity index is 1690. The highest BCUT2D eigenvalue weighted by Gasteiger charge is 2.62. The van der Waals surface area contributed by atoms with Crippen molar-refractivity contribution < 1.29 is 38.6 Å². The van der Waals surface area contributed by atoms with Crippen LogP contribution in [0.5, 0.6) is 0 Å². The molecule has 1 saturated carbocycles. The SMILES string of the molecule is O[C@@H]1[C@H](OCc2ccccc2)[C@@H](OCc2ccccc2)[C@H](OC[C@H](COCc2ccccc2)OCc2ccccc2)[C@]1(O)COCc1ccccc1. The van der Waals surface area contributed by atoms with E-state index in [1.54, 1.807) is 0 Å². The molecule has 0 aromatic heterocycles. The number of hydrogen-bond acceptors (Lipinski definition) is 8. The summed E-state index contributed by atoms with van der Waals surface area (Å²) in [5.41, 5.74) is 2.97. The molecule has 0 bridgehead atoms. The Morgan fingerprint density at radius 2 is 0.865 bits per heavy atom. The Morgan fingerprint density at radius 1 is 0.462 bits per heavy atom. The summed E-state index contributed by atoms with van der Waals surface area (Å²) in [5.74, 6) is 0. The van der Waals surface area contributed by atoms with Crippen molar-refractivity contribution in [3.63, 3.8) is 0 Å². The van der Waals surface area contributed by atoms with Crippen molar-refractivity contribution in [2.75, 3.05) is 19.8 Å². The van der Waals surface area contributed by atoms with Crippen LogP contribution in [0.4, 0.5) is 0 Å². The van der Waals surface area contributed by atoms with Gasteiger partial charge < -0.3 is 38.6 Å². The van der Waals surface area contributed by atoms with Crippen LogP contribution in [-0.4, -0.2) is 66.2 Å². The Kier molecular flexibility index (Phi) is 14.1. The molecule has 2 N–H and O–H groups in total. The minimum atomic E-state index is -1.88. The van der Waals surface area contributed by atoms with Crippen molar-refractivity contribution in [2.45, 2.75) is 69.2 Å². The molecular weight excluding hydrogens is 656 g/mol. The van der Waals surface area contributed by atoms with Gasteiger partial charge in [-0.1, -0.05) is 152 Å². The predicted octanol–water partition coefficient (Wildman–Crippen LogP) is 6.67. The summed E-state index contributed by atoms with van der Waals surface area (Å²) < 4.78 is 38.1. The van der Waals surface area contributed by atoms with Gasteiger partial charge in [0.2, 0.25) is 0 Å². The second-order valence-electron chi connectivity index (χ2n) is 13.1. The highest BCUT2D eigenvalue weighted by molar-refractivity contribution is 5.19. The summed E-state index contributed by atoms with van der Waals surface area (Å²) in [7, 11) is 0. The molecule has 1 fully saturated rings. The van der Waals surface area contributed by atoms with E-state index in [9.17, 15) is 10.2 Å². The van der Waals surface area contributed by atoms with E-state index >= 15 is 0 Å². The molecule has 8 heteroatoms. The summed E-state index contributed by atoms with van der Waals surface area (Å²) in [6.07, 6.45) is -4.73. The fourth-order valence-corrected chi connectivity index (χ4v) is 6.33. The fraction of sp³-hybridized carbons (Fsp3) is 0.318. The van der Waals surface area contributed by atoms with Gasteiger partial charge in [-0.2, -0.15) is 0 Å². The topological polar surface area (TPSA) is 95.8 Å². The second kappa shape index (κ2) is 19.6. The lowest BCUT2D eigenvalue weighted by Crippen LogP contribution is -2.54. The molecule has 0 unspecified atom stereocenters. The Balaban J connectivity index is 1.23. The van der Waals surface area contributed by atoms with Crippen LogP contribution < -0.4 is 0 Å². The molecule has 0 aliphatic heterocycles. The van der Waals surface area contributed by atoms with Gasteiger partial charge >= 0.3 is 0 Å². The molecule has 6 rings (SSSR count). The van der Waals surface area contributed by atoms with Crippen molar-refractivity contribution in [3.05, 3.63) is 179 Å². The number of aliphatic hydroxyl groups excluding tert-OH is 1. The first-order valence-corrected chi connectivity index (χ1v) is 17.8. The molecule has 5 aromatic carbocycles. The van der Waals surface area contributed by atoms with E-state index in [0.717, 1.165) is 27.8 Å². The van der Waals surface area contributed by atoms with Crippen LogP contribution in [0.1, 0.15) is 27.8 Å². The predicted molar refractivity (Wildman–Crippen MR) is 198 cm³/mol. The first-order chi connectivity index (χ1) is 25.6. The number of rotatable bonds is 20. The van der Waals surface area contributed by atoms with Crippen molar-refractivity contribution in [1.82, 2.24) is 0 Å². The molecule has 0 radical (unpaired) electrons. The van der Waals surface area contributed by atoms with Gasteiger partial charge in [0.05, 0.1) is 52.9 Å². The van der Waals surface area contributed by atoms with E-state index in [2.05, 4.69) is 0 Å². The maximum Gasteiger partial charge on any atom is 0.145 e. The van der Waals surface area contributed by atoms with Crippen LogP contribution >= 0.6 is 0 Å². The number of ether oxygens (including phenoxy) is 6. The van der Waals surface area contributed by atoms with E-state index in [1.165, 1.54) is 0 Å². The smallest absolute Gasteiger partial charge is 0.145 e. The van der Waals surface area contributed by atoms with Crippen LogP contribution in [0.25, 0.3) is 0 Å². The first kappa shape index (κ1) is 37.5. The maximum atomic E-state index is 12.4. The van der Waals surface area contributed by atoms with Crippen LogP contribution in [0.2, 0.25) is 0 Å². The third kappa shape index (κ3) is 10.7. The minimum Gasteiger partial charge on any atom is -0.387 e. The van der Waals surface area contributed by atoms with Gasteiger partial charge in [-0.3, -0.25) is 0 Å². The average molecular weight is 705 g/mol. The zero-order chi connectivity index (χ0) is 35.9. The summed E-state index contributed by atoms with van der Waals surface area (Å²) in [6.45, 7) is 1.49. The van der Waals surface area contributed by atoms with Gasteiger partial charge in [-0.05, 0) is 27.8 Å². The van der Waals surface area contributed by atoms with Gasteiger partial charge in [-0.15, -0.1) is 0 Å². The van der Waals surface area contributed by atoms with E-state index in [1.807, 2.05) is 152 Å². The van der Waals surface area contributed by atoms with E-state index < -0.39 is 36.1 Å². The largest absolute Gasteiger partial charge is 0.387 e. The third-order valence-corrected chi connectivity index (χ3v) is 9.16. The van der Waals surface area contributed by atoms with Crippen LogP contribution in [0.15, 0.2) is 152 Å². The molecule has 6 atom stereocenters. The molecule has 8 nitrogen and oxygen atoms in total. The van der Waals surface area contributed by atoms with Gasteiger partial charge in [0.15, 0.2) is 0 Å². The lowest BCUT2D eigenvalue weighted by molar-refractivity contribution is -0.197. The molecule has 0 spiro atoms. The van der Waals surface area contributed by atoms with Crippen molar-refractivity contribution in [3.8, 4) is 0 Å². The highest BCUT2D eigenvalue weighted by atomic mass is 16.6. The third-order valence-electron chi connectivity index (χ3n) is 9.16. The Hall–Kier alpha value is -4.22. The molecule has 5 aromatic rings. The lowest BCUT2D eigenvalue weighted by atomic mass is 9.98. The van der Waals surface area contributed by atoms with E-state index in [-0.39, 0.29) is 39.6 Å². The molecule has 0 amide bonds. The monoisotopic (exact) mass is 704 g/mol. The first-order valence-electron chi connectivity index (χ1n) is 17.8. The lowest BCUT2D eigenvalue weighted by Gasteiger charge is -2.34. The van der Waals surface area contributed by atoms with Crippen LogP contribution in [0.3, 0.4) is 0 Å². The zero-order valence-electron chi connectivity index (χ0n) is 29.3. The van der Waals surface area contributed by atoms with E-state index in [0.29, 0.717) is 13.2 Å². The van der Waals surface area contributed by atoms with Crippen LogP contribution in [-0.2, 0) is 61.5 Å². The minimum absolute atomic E-state index is 0.0522. The summed E-state index contributed by atoms with van der Waals surface area (Å²) in [6, 6.07) is 49.0. The average Bonchev–Trinajstić information content (AvgIpc) is 3.39. The maximum absolute atomic E-state index is 12.4. The number of hydrogen-bond donors (Lipinski definition) is 2. The van der Waals surface area contributed by atoms with Gasteiger partial charge in [-0.25, -0.2) is 0 Å². The molecule has 1 aliphatic rings. The van der Waals surface area contributed by atoms with Gasteiger partial charge in [0.25, 0.3) is 0 Å². The summed E-state index contributed by atoms with van der Waals surface area (Å²) in [4.78, 5) is 0. The molecule has 0 heterocycles. The van der Waals surface area contributed by atoms with Gasteiger partial charge in [0.1, 0.15) is 36.1 Å². The van der Waals surface area contributed by atoms with Crippen LogP contribution in [0, 0.1) is 0 Å². The number of aliphatic hydroxyl groups is 2. The molecule has 52 heavy (non-hydrogen) atoms. The number of benzene rings is 5. The van der Waals surface area contributed by atoms with Crippen molar-refractivity contribution >= 4 is 0 Å². The van der Waals surface area contributed by atoms with Gasteiger partial charge in [0, 0.05) is 0 Å². The molecule has 0 saturated heterocycles. The second-order valence-corrected chi connectivity index (χ2v) is 13.1. The Morgan fingerprint density at radius 3 is 1.35 bits per heavy atom. The molecule has 272 valence electrons.